The van der Waals surface area contributed by atoms with Gasteiger partial charge in [0.25, 0.3) is 0 Å². The average Bonchev–Trinajstić information content (AvgIpc) is 3.11. The van der Waals surface area contributed by atoms with E-state index in [-0.39, 0.29) is 6.61 Å². The second-order valence-corrected chi connectivity index (χ2v) is 6.95. The fraction of sp³-hybridized carbons (Fsp3) is 0.250. The van der Waals surface area contributed by atoms with E-state index in [9.17, 15) is 10.4 Å². The van der Waals surface area contributed by atoms with Crippen LogP contribution in [0.5, 0.6) is 5.88 Å². The molecule has 146 valence electrons. The number of benzene rings is 1. The lowest BCUT2D eigenvalue weighted by Gasteiger charge is -2.21. The molecule has 1 unspecified atom stereocenters. The predicted molar refractivity (Wildman–Crippen MR) is 107 cm³/mol. The van der Waals surface area contributed by atoms with Gasteiger partial charge >= 0.3 is 0 Å². The highest BCUT2D eigenvalue weighted by Gasteiger charge is 2.36. The van der Waals surface area contributed by atoms with Gasteiger partial charge in [-0.2, -0.15) is 10.2 Å². The lowest BCUT2D eigenvalue weighted by Crippen LogP contribution is -2.28. The SMILES string of the molecule is COc1ncccc1Nc1ncnc(-c2cc(C#N)c3c(c2)C(C)(CO)CN3)n1. The van der Waals surface area contributed by atoms with Crippen molar-refractivity contribution < 1.29 is 9.84 Å². The lowest BCUT2D eigenvalue weighted by molar-refractivity contribution is 0.219. The molecule has 9 nitrogen and oxygen atoms in total. The van der Waals surface area contributed by atoms with Crippen LogP contribution < -0.4 is 15.4 Å². The highest BCUT2D eigenvalue weighted by molar-refractivity contribution is 5.75. The Hall–Kier alpha value is -3.77. The van der Waals surface area contributed by atoms with Crippen molar-refractivity contribution in [3.05, 3.63) is 47.9 Å². The summed E-state index contributed by atoms with van der Waals surface area (Å²) in [7, 11) is 1.53. The molecule has 0 amide bonds. The van der Waals surface area contributed by atoms with E-state index in [1.54, 1.807) is 24.4 Å². The van der Waals surface area contributed by atoms with Gasteiger partial charge in [-0.25, -0.2) is 15.0 Å². The van der Waals surface area contributed by atoms with Crippen LogP contribution in [-0.4, -0.2) is 45.3 Å². The minimum absolute atomic E-state index is 0.0356. The van der Waals surface area contributed by atoms with Gasteiger partial charge in [-0.3, -0.25) is 0 Å². The summed E-state index contributed by atoms with van der Waals surface area (Å²) in [6, 6.07) is 9.44. The van der Waals surface area contributed by atoms with Crippen LogP contribution in [0.1, 0.15) is 18.1 Å². The van der Waals surface area contributed by atoms with Gasteiger partial charge in [-0.05, 0) is 29.8 Å². The summed E-state index contributed by atoms with van der Waals surface area (Å²) in [5.74, 6) is 1.16. The van der Waals surface area contributed by atoms with Crippen molar-refractivity contribution >= 4 is 17.3 Å². The molecule has 1 aliphatic heterocycles. The molecule has 9 heteroatoms. The average molecular weight is 389 g/mol. The maximum absolute atomic E-state index is 9.86. The van der Waals surface area contributed by atoms with Crippen molar-refractivity contribution in [2.24, 2.45) is 0 Å². The number of methoxy groups -OCH3 is 1. The van der Waals surface area contributed by atoms with Gasteiger partial charge in [0.2, 0.25) is 11.8 Å². The molecule has 0 saturated heterocycles. The smallest absolute Gasteiger partial charge is 0.237 e. The van der Waals surface area contributed by atoms with E-state index < -0.39 is 5.41 Å². The minimum Gasteiger partial charge on any atom is -0.480 e. The molecule has 29 heavy (non-hydrogen) atoms. The Kier molecular flexibility index (Phi) is 4.70. The highest BCUT2D eigenvalue weighted by Crippen LogP contribution is 2.40. The summed E-state index contributed by atoms with van der Waals surface area (Å²) in [6.45, 7) is 2.47. The van der Waals surface area contributed by atoms with Gasteiger partial charge in [0.05, 0.1) is 25.0 Å². The van der Waals surface area contributed by atoms with E-state index in [2.05, 4.69) is 36.6 Å². The van der Waals surface area contributed by atoms with Crippen LogP contribution in [0.4, 0.5) is 17.3 Å². The van der Waals surface area contributed by atoms with Crippen molar-refractivity contribution in [2.75, 3.05) is 30.9 Å². The summed E-state index contributed by atoms with van der Waals surface area (Å²) in [5, 5.41) is 25.7. The Labute approximate surface area is 167 Å². The fourth-order valence-electron chi connectivity index (χ4n) is 3.31. The van der Waals surface area contributed by atoms with E-state index in [0.29, 0.717) is 41.0 Å². The maximum Gasteiger partial charge on any atom is 0.237 e. The molecule has 0 bridgehead atoms. The van der Waals surface area contributed by atoms with Gasteiger partial charge in [0.15, 0.2) is 5.82 Å². The molecule has 4 rings (SSSR count). The molecule has 0 fully saturated rings. The first-order chi connectivity index (χ1) is 14.1. The zero-order valence-electron chi connectivity index (χ0n) is 16.0. The van der Waals surface area contributed by atoms with E-state index in [0.717, 1.165) is 11.3 Å². The van der Waals surface area contributed by atoms with Crippen molar-refractivity contribution in [1.29, 1.82) is 5.26 Å². The van der Waals surface area contributed by atoms with Gasteiger partial charge in [0, 0.05) is 23.7 Å². The Balaban J connectivity index is 1.74. The number of rotatable bonds is 5. The van der Waals surface area contributed by atoms with Gasteiger partial charge in [-0.1, -0.05) is 6.92 Å². The number of nitrogens with one attached hydrogen (secondary N) is 2. The third-order valence-electron chi connectivity index (χ3n) is 4.95. The number of aliphatic hydroxyl groups is 1. The molecule has 2 aromatic heterocycles. The number of anilines is 3. The zero-order chi connectivity index (χ0) is 20.4. The Morgan fingerprint density at radius 2 is 2.21 bits per heavy atom. The molecule has 1 aliphatic rings. The number of nitriles is 1. The summed E-state index contributed by atoms with van der Waals surface area (Å²) in [5.41, 5.74) is 2.92. The number of aliphatic hydroxyl groups excluding tert-OH is 1. The highest BCUT2D eigenvalue weighted by atomic mass is 16.5. The van der Waals surface area contributed by atoms with Crippen molar-refractivity contribution in [2.45, 2.75) is 12.3 Å². The molecule has 3 aromatic rings. The maximum atomic E-state index is 9.86. The summed E-state index contributed by atoms with van der Waals surface area (Å²) in [6.07, 6.45) is 3.03. The third-order valence-corrected chi connectivity index (χ3v) is 4.95. The molecule has 1 atom stereocenters. The van der Waals surface area contributed by atoms with E-state index in [4.69, 9.17) is 4.74 Å². The molecule has 1 aromatic carbocycles. The molecular formula is C20H19N7O2. The number of fused-ring (bicyclic) bond motifs is 1. The molecule has 0 aliphatic carbocycles. The minimum atomic E-state index is -0.478. The van der Waals surface area contributed by atoms with Crippen LogP contribution in [0.2, 0.25) is 0 Å². The molecule has 0 spiro atoms. The molecule has 3 heterocycles. The van der Waals surface area contributed by atoms with E-state index >= 15 is 0 Å². The van der Waals surface area contributed by atoms with Crippen molar-refractivity contribution in [3.8, 4) is 23.3 Å². The van der Waals surface area contributed by atoms with Crippen LogP contribution in [0, 0.1) is 11.3 Å². The zero-order valence-corrected chi connectivity index (χ0v) is 16.0. The van der Waals surface area contributed by atoms with Gasteiger partial charge in [-0.15, -0.1) is 0 Å². The number of nitrogens with zero attached hydrogens (tertiary/aromatic N) is 5. The first-order valence-corrected chi connectivity index (χ1v) is 8.97. The summed E-state index contributed by atoms with van der Waals surface area (Å²) in [4.78, 5) is 17.0. The number of pyridine rings is 1. The molecule has 3 N–H and O–H groups in total. The first kappa shape index (κ1) is 18.6. The molecular weight excluding hydrogens is 370 g/mol. The number of ether oxygens (including phenoxy) is 1. The summed E-state index contributed by atoms with van der Waals surface area (Å²) < 4.78 is 5.24. The van der Waals surface area contributed by atoms with Crippen LogP contribution in [0.3, 0.4) is 0 Å². The Morgan fingerprint density at radius 3 is 2.97 bits per heavy atom. The summed E-state index contributed by atoms with van der Waals surface area (Å²) >= 11 is 0. The standard InChI is InChI=1S/C20H19N7O2/c1-20(10-28)9-23-16-13(8-21)6-12(7-14(16)20)17-24-11-25-19(27-17)26-15-4-3-5-22-18(15)29-2/h3-7,11,23,28H,9-10H2,1-2H3,(H,24,25,26,27). The normalized spacial score (nSPS) is 17.2. The van der Waals surface area contributed by atoms with Crippen LogP contribution >= 0.6 is 0 Å². The Morgan fingerprint density at radius 1 is 1.34 bits per heavy atom. The quantitative estimate of drug-likeness (QED) is 0.601. The third kappa shape index (κ3) is 3.30. The largest absolute Gasteiger partial charge is 0.480 e. The fourth-order valence-corrected chi connectivity index (χ4v) is 3.31. The predicted octanol–water partition coefficient (Wildman–Crippen LogP) is 2.23. The number of aromatic nitrogens is 4. The van der Waals surface area contributed by atoms with Crippen LogP contribution in [0.15, 0.2) is 36.8 Å². The molecule has 0 radical (unpaired) electrons. The molecule has 0 saturated carbocycles. The second-order valence-electron chi connectivity index (χ2n) is 6.95. The van der Waals surface area contributed by atoms with Crippen LogP contribution in [0.25, 0.3) is 11.4 Å². The monoisotopic (exact) mass is 389 g/mol. The van der Waals surface area contributed by atoms with Crippen LogP contribution in [-0.2, 0) is 5.41 Å². The van der Waals surface area contributed by atoms with Crippen molar-refractivity contribution in [3.63, 3.8) is 0 Å². The van der Waals surface area contributed by atoms with Gasteiger partial charge in [0.1, 0.15) is 18.1 Å². The topological polar surface area (TPSA) is 129 Å². The van der Waals surface area contributed by atoms with E-state index in [1.807, 2.05) is 13.0 Å². The van der Waals surface area contributed by atoms with Gasteiger partial charge < -0.3 is 20.5 Å². The second kappa shape index (κ2) is 7.33. The first-order valence-electron chi connectivity index (χ1n) is 8.97. The number of hydrogen-bond donors (Lipinski definition) is 3. The lowest BCUT2D eigenvalue weighted by atomic mass is 9.84. The van der Waals surface area contributed by atoms with E-state index in [1.165, 1.54) is 13.4 Å². The number of hydrogen-bond acceptors (Lipinski definition) is 9. The Bertz CT molecular complexity index is 1110. The van der Waals surface area contributed by atoms with Crippen molar-refractivity contribution in [1.82, 2.24) is 19.9 Å².